The van der Waals surface area contributed by atoms with E-state index >= 15 is 0 Å². The van der Waals surface area contributed by atoms with E-state index in [0.29, 0.717) is 0 Å². The van der Waals surface area contributed by atoms with Crippen LogP contribution in [-0.2, 0) is 6.42 Å². The molecular formula is C16H20N2O. The minimum Gasteiger partial charge on any atom is -0.356 e. The minimum atomic E-state index is 0.870. The van der Waals surface area contributed by atoms with Crippen LogP contribution in [0, 0.1) is 0 Å². The maximum Gasteiger partial charge on any atom is 0.167 e. The average Bonchev–Trinajstić information content (AvgIpc) is 2.96. The van der Waals surface area contributed by atoms with E-state index in [1.165, 1.54) is 32.4 Å². The highest BCUT2D eigenvalue weighted by Gasteiger charge is 2.11. The van der Waals surface area contributed by atoms with Crippen molar-refractivity contribution < 1.29 is 4.52 Å². The van der Waals surface area contributed by atoms with Crippen LogP contribution in [0.3, 0.4) is 0 Å². The molecule has 1 aromatic heterocycles. The van der Waals surface area contributed by atoms with Gasteiger partial charge in [-0.1, -0.05) is 41.9 Å². The van der Waals surface area contributed by atoms with Gasteiger partial charge in [0.2, 0.25) is 0 Å². The number of benzene rings is 1. The molecule has 0 radical (unpaired) electrons. The summed E-state index contributed by atoms with van der Waals surface area (Å²) < 4.78 is 5.42. The van der Waals surface area contributed by atoms with Gasteiger partial charge >= 0.3 is 0 Å². The molecule has 0 spiro atoms. The van der Waals surface area contributed by atoms with E-state index in [2.05, 4.69) is 28.3 Å². The maximum atomic E-state index is 5.42. The van der Waals surface area contributed by atoms with Crippen molar-refractivity contribution in [1.82, 2.24) is 10.1 Å². The quantitative estimate of drug-likeness (QED) is 0.840. The van der Waals surface area contributed by atoms with E-state index in [1.54, 1.807) is 0 Å². The van der Waals surface area contributed by atoms with Gasteiger partial charge < -0.3 is 9.42 Å². The van der Waals surface area contributed by atoms with Crippen molar-refractivity contribution in [3.63, 3.8) is 0 Å². The second kappa shape index (κ2) is 6.02. The van der Waals surface area contributed by atoms with Gasteiger partial charge in [0.05, 0.1) is 5.69 Å². The van der Waals surface area contributed by atoms with Crippen LogP contribution in [0.2, 0.25) is 0 Å². The Hall–Kier alpha value is -1.61. The molecule has 0 atom stereocenters. The Morgan fingerprint density at radius 1 is 1.05 bits per heavy atom. The first-order chi connectivity index (χ1) is 9.42. The van der Waals surface area contributed by atoms with Gasteiger partial charge in [0.15, 0.2) is 5.76 Å². The lowest BCUT2D eigenvalue weighted by molar-refractivity contribution is 0.230. The molecule has 0 N–H and O–H groups in total. The lowest BCUT2D eigenvalue weighted by Gasteiger charge is -2.25. The molecule has 100 valence electrons. The van der Waals surface area contributed by atoms with Crippen LogP contribution in [0.25, 0.3) is 11.3 Å². The molecule has 1 aliphatic heterocycles. The Morgan fingerprint density at radius 3 is 2.63 bits per heavy atom. The van der Waals surface area contributed by atoms with Crippen LogP contribution in [0.15, 0.2) is 40.9 Å². The summed E-state index contributed by atoms with van der Waals surface area (Å²) in [6.45, 7) is 3.58. The standard InChI is InChI=1S/C16H20N2O/c1-3-7-14(8-4-1)16-13-15(17-19-16)9-12-18-10-5-2-6-11-18/h1,3-4,7-8,13H,2,5-6,9-12H2. The molecule has 0 amide bonds. The summed E-state index contributed by atoms with van der Waals surface area (Å²) >= 11 is 0. The number of hydrogen-bond acceptors (Lipinski definition) is 3. The van der Waals surface area contributed by atoms with Gasteiger partial charge in [-0.2, -0.15) is 0 Å². The Morgan fingerprint density at radius 2 is 1.84 bits per heavy atom. The monoisotopic (exact) mass is 256 g/mol. The lowest BCUT2D eigenvalue weighted by Crippen LogP contribution is -2.31. The number of nitrogens with zero attached hydrogens (tertiary/aromatic N) is 2. The third kappa shape index (κ3) is 3.24. The van der Waals surface area contributed by atoms with Crippen molar-refractivity contribution in [3.8, 4) is 11.3 Å². The number of aromatic nitrogens is 1. The lowest BCUT2D eigenvalue weighted by atomic mass is 10.1. The smallest absolute Gasteiger partial charge is 0.167 e. The molecule has 1 fully saturated rings. The maximum absolute atomic E-state index is 5.42. The van der Waals surface area contributed by atoms with Gasteiger partial charge in [-0.15, -0.1) is 0 Å². The third-order valence-electron chi connectivity index (χ3n) is 3.75. The third-order valence-corrected chi connectivity index (χ3v) is 3.75. The molecule has 3 nitrogen and oxygen atoms in total. The summed E-state index contributed by atoms with van der Waals surface area (Å²) in [5, 5.41) is 4.18. The summed E-state index contributed by atoms with van der Waals surface area (Å²) in [5.74, 6) is 0.870. The Balaban J connectivity index is 1.59. The van der Waals surface area contributed by atoms with E-state index in [9.17, 15) is 0 Å². The van der Waals surface area contributed by atoms with Crippen LogP contribution in [0.4, 0.5) is 0 Å². The average molecular weight is 256 g/mol. The minimum absolute atomic E-state index is 0.870. The van der Waals surface area contributed by atoms with E-state index < -0.39 is 0 Å². The fraction of sp³-hybridized carbons (Fsp3) is 0.438. The Labute approximate surface area is 114 Å². The highest BCUT2D eigenvalue weighted by Crippen LogP contribution is 2.20. The highest BCUT2D eigenvalue weighted by molar-refractivity contribution is 5.56. The van der Waals surface area contributed by atoms with Crippen molar-refractivity contribution in [2.24, 2.45) is 0 Å². The van der Waals surface area contributed by atoms with Crippen molar-refractivity contribution in [2.45, 2.75) is 25.7 Å². The summed E-state index contributed by atoms with van der Waals surface area (Å²) in [7, 11) is 0. The summed E-state index contributed by atoms with van der Waals surface area (Å²) in [6, 6.07) is 12.2. The zero-order valence-electron chi connectivity index (χ0n) is 11.2. The van der Waals surface area contributed by atoms with Crippen LogP contribution in [0.1, 0.15) is 25.0 Å². The SMILES string of the molecule is c1ccc(-c2cc(CCN3CCCCC3)no2)cc1. The van der Waals surface area contributed by atoms with Gasteiger partial charge in [-0.05, 0) is 25.9 Å². The molecule has 1 aliphatic rings. The first kappa shape index (κ1) is 12.4. The predicted octanol–water partition coefficient (Wildman–Crippen LogP) is 3.37. The Kier molecular flexibility index (Phi) is 3.94. The van der Waals surface area contributed by atoms with Crippen LogP contribution in [0.5, 0.6) is 0 Å². The fourth-order valence-corrected chi connectivity index (χ4v) is 2.62. The molecule has 0 unspecified atom stereocenters. The molecule has 19 heavy (non-hydrogen) atoms. The molecule has 0 aliphatic carbocycles. The predicted molar refractivity (Wildman–Crippen MR) is 75.9 cm³/mol. The first-order valence-electron chi connectivity index (χ1n) is 7.15. The second-order valence-corrected chi connectivity index (χ2v) is 5.20. The van der Waals surface area contributed by atoms with E-state index in [4.69, 9.17) is 4.52 Å². The van der Waals surface area contributed by atoms with Gasteiger partial charge in [0.1, 0.15) is 0 Å². The molecule has 2 heterocycles. The zero-order valence-corrected chi connectivity index (χ0v) is 11.2. The fourth-order valence-electron chi connectivity index (χ4n) is 2.62. The first-order valence-corrected chi connectivity index (χ1v) is 7.15. The highest BCUT2D eigenvalue weighted by atomic mass is 16.5. The Bertz CT molecular complexity index is 500. The largest absolute Gasteiger partial charge is 0.356 e. The normalized spacial score (nSPS) is 16.6. The summed E-state index contributed by atoms with van der Waals surface area (Å²) in [6.07, 6.45) is 5.05. The van der Waals surface area contributed by atoms with Gasteiger partial charge in [-0.25, -0.2) is 0 Å². The molecule has 0 bridgehead atoms. The van der Waals surface area contributed by atoms with Crippen LogP contribution < -0.4 is 0 Å². The molecule has 2 aromatic rings. The van der Waals surface area contributed by atoms with E-state index in [1.807, 2.05) is 18.2 Å². The molecular weight excluding hydrogens is 236 g/mol. The van der Waals surface area contributed by atoms with Crippen molar-refractivity contribution in [2.75, 3.05) is 19.6 Å². The van der Waals surface area contributed by atoms with Crippen molar-refractivity contribution in [3.05, 3.63) is 42.1 Å². The molecule has 3 heteroatoms. The second-order valence-electron chi connectivity index (χ2n) is 5.20. The zero-order chi connectivity index (χ0) is 12.9. The topological polar surface area (TPSA) is 29.3 Å². The van der Waals surface area contributed by atoms with Crippen molar-refractivity contribution >= 4 is 0 Å². The number of piperidine rings is 1. The molecule has 3 rings (SSSR count). The van der Waals surface area contributed by atoms with E-state index in [-0.39, 0.29) is 0 Å². The number of rotatable bonds is 4. The van der Waals surface area contributed by atoms with Crippen LogP contribution >= 0.6 is 0 Å². The molecule has 0 saturated carbocycles. The van der Waals surface area contributed by atoms with Gasteiger partial charge in [-0.3, -0.25) is 0 Å². The summed E-state index contributed by atoms with van der Waals surface area (Å²) in [4.78, 5) is 2.53. The molecule has 1 aromatic carbocycles. The van der Waals surface area contributed by atoms with Gasteiger partial charge in [0, 0.05) is 24.6 Å². The number of hydrogen-bond donors (Lipinski definition) is 0. The number of likely N-dealkylation sites (tertiary alicyclic amines) is 1. The summed E-state index contributed by atoms with van der Waals surface area (Å²) in [5.41, 5.74) is 2.16. The van der Waals surface area contributed by atoms with Gasteiger partial charge in [0.25, 0.3) is 0 Å². The molecule has 1 saturated heterocycles. The van der Waals surface area contributed by atoms with Crippen molar-refractivity contribution in [1.29, 1.82) is 0 Å². The van der Waals surface area contributed by atoms with Crippen LogP contribution in [-0.4, -0.2) is 29.7 Å². The van der Waals surface area contributed by atoms with E-state index in [0.717, 1.165) is 30.0 Å².